The van der Waals surface area contributed by atoms with Crippen molar-refractivity contribution in [3.63, 3.8) is 0 Å². The minimum Gasteiger partial charge on any atom is -0.354 e. The van der Waals surface area contributed by atoms with Crippen molar-refractivity contribution in [3.8, 4) is 0 Å². The van der Waals surface area contributed by atoms with Gasteiger partial charge in [-0.25, -0.2) is 0 Å². The zero-order chi connectivity index (χ0) is 12.1. The molecule has 0 atom stereocenters. The van der Waals surface area contributed by atoms with Gasteiger partial charge in [0, 0.05) is 15.3 Å². The van der Waals surface area contributed by atoms with Gasteiger partial charge >= 0.3 is 0 Å². The van der Waals surface area contributed by atoms with Crippen LogP contribution in [0.15, 0.2) is 24.3 Å². The molecule has 0 radical (unpaired) electrons. The van der Waals surface area contributed by atoms with E-state index in [4.69, 9.17) is 5.41 Å². The summed E-state index contributed by atoms with van der Waals surface area (Å²) in [5, 5.41) is 14.2. The highest BCUT2D eigenvalue weighted by atomic mass is 127. The summed E-state index contributed by atoms with van der Waals surface area (Å²) in [4.78, 5) is 0. The second kappa shape index (κ2) is 6.23. The van der Waals surface area contributed by atoms with E-state index in [9.17, 15) is 0 Å². The van der Waals surface area contributed by atoms with E-state index < -0.39 is 0 Å². The summed E-state index contributed by atoms with van der Waals surface area (Å²) in [6.07, 6.45) is 6.30. The SMILES string of the molecule is N=C(Nc1ccc(I)cc1)NC1CCCCC1. The number of hydrogen-bond donors (Lipinski definition) is 3. The smallest absolute Gasteiger partial charge is 0.193 e. The molecule has 0 bridgehead atoms. The van der Waals surface area contributed by atoms with Crippen LogP contribution in [0.5, 0.6) is 0 Å². The number of hydrogen-bond acceptors (Lipinski definition) is 1. The molecule has 17 heavy (non-hydrogen) atoms. The molecule has 0 spiro atoms. The third-order valence-corrected chi connectivity index (χ3v) is 3.79. The third kappa shape index (κ3) is 4.18. The molecule has 3 nitrogen and oxygen atoms in total. The van der Waals surface area contributed by atoms with Gasteiger partial charge in [0.05, 0.1) is 0 Å². The van der Waals surface area contributed by atoms with Gasteiger partial charge in [0.1, 0.15) is 0 Å². The van der Waals surface area contributed by atoms with Gasteiger partial charge in [-0.3, -0.25) is 5.41 Å². The van der Waals surface area contributed by atoms with E-state index in [1.54, 1.807) is 0 Å². The van der Waals surface area contributed by atoms with Gasteiger partial charge in [0.2, 0.25) is 0 Å². The first-order valence-corrected chi connectivity index (χ1v) is 7.19. The lowest BCUT2D eigenvalue weighted by Crippen LogP contribution is -2.39. The minimum atomic E-state index is 0.415. The Morgan fingerprint density at radius 3 is 2.41 bits per heavy atom. The Kier molecular flexibility index (Phi) is 4.65. The van der Waals surface area contributed by atoms with Crippen molar-refractivity contribution in [2.75, 3.05) is 5.32 Å². The summed E-state index contributed by atoms with van der Waals surface area (Å²) >= 11 is 2.28. The Morgan fingerprint density at radius 2 is 1.76 bits per heavy atom. The lowest BCUT2D eigenvalue weighted by Gasteiger charge is -2.24. The molecule has 92 valence electrons. The Morgan fingerprint density at radius 1 is 1.12 bits per heavy atom. The van der Waals surface area contributed by atoms with Gasteiger partial charge in [-0.2, -0.15) is 0 Å². The Hall–Kier alpha value is -0.780. The number of benzene rings is 1. The number of anilines is 1. The van der Waals surface area contributed by atoms with Crippen molar-refractivity contribution in [1.82, 2.24) is 5.32 Å². The van der Waals surface area contributed by atoms with Crippen LogP contribution in [0.3, 0.4) is 0 Å². The lowest BCUT2D eigenvalue weighted by molar-refractivity contribution is 0.413. The first kappa shape index (κ1) is 12.7. The molecule has 1 saturated carbocycles. The molecule has 0 aromatic heterocycles. The van der Waals surface area contributed by atoms with Crippen molar-refractivity contribution in [3.05, 3.63) is 27.8 Å². The van der Waals surface area contributed by atoms with Gasteiger partial charge in [-0.05, 0) is 59.7 Å². The fraction of sp³-hybridized carbons (Fsp3) is 0.462. The fourth-order valence-electron chi connectivity index (χ4n) is 2.16. The molecule has 0 heterocycles. The molecule has 1 aliphatic rings. The topological polar surface area (TPSA) is 47.9 Å². The molecule has 4 heteroatoms. The highest BCUT2D eigenvalue weighted by Gasteiger charge is 2.13. The van der Waals surface area contributed by atoms with Crippen LogP contribution in [0.25, 0.3) is 0 Å². The summed E-state index contributed by atoms with van der Waals surface area (Å²) in [6, 6.07) is 8.55. The maximum Gasteiger partial charge on any atom is 0.193 e. The zero-order valence-corrected chi connectivity index (χ0v) is 12.0. The van der Waals surface area contributed by atoms with Gasteiger partial charge in [-0.1, -0.05) is 19.3 Å². The predicted octanol–water partition coefficient (Wildman–Crippen LogP) is 3.56. The van der Waals surface area contributed by atoms with Gasteiger partial charge in [0.25, 0.3) is 0 Å². The molecular weight excluding hydrogens is 325 g/mol. The minimum absolute atomic E-state index is 0.415. The van der Waals surface area contributed by atoms with Crippen LogP contribution in [0, 0.1) is 8.98 Å². The normalized spacial score (nSPS) is 16.5. The largest absolute Gasteiger partial charge is 0.354 e. The number of guanidine groups is 1. The molecule has 1 fully saturated rings. The number of rotatable bonds is 2. The van der Waals surface area contributed by atoms with Crippen molar-refractivity contribution in [1.29, 1.82) is 5.41 Å². The van der Waals surface area contributed by atoms with E-state index in [1.807, 2.05) is 24.3 Å². The van der Waals surface area contributed by atoms with Crippen LogP contribution in [-0.2, 0) is 0 Å². The predicted molar refractivity (Wildman–Crippen MR) is 80.5 cm³/mol. The molecule has 1 aliphatic carbocycles. The standard InChI is InChI=1S/C13H18IN3/c14-10-6-8-12(9-7-10)17-13(15)16-11-4-2-1-3-5-11/h6-9,11H,1-5H2,(H3,15,16,17). The Bertz CT molecular complexity index is 369. The second-order valence-electron chi connectivity index (χ2n) is 4.49. The molecule has 1 aromatic rings. The molecular formula is C13H18IN3. The molecule has 3 N–H and O–H groups in total. The summed E-state index contributed by atoms with van der Waals surface area (Å²) < 4.78 is 1.21. The van der Waals surface area contributed by atoms with E-state index in [2.05, 4.69) is 33.2 Å². The first-order chi connectivity index (χ1) is 8.24. The van der Waals surface area contributed by atoms with Crippen LogP contribution < -0.4 is 10.6 Å². The van der Waals surface area contributed by atoms with E-state index in [0.717, 1.165) is 5.69 Å². The van der Waals surface area contributed by atoms with Crippen LogP contribution in [0.2, 0.25) is 0 Å². The maximum atomic E-state index is 7.89. The van der Waals surface area contributed by atoms with Gasteiger partial charge in [0.15, 0.2) is 5.96 Å². The highest BCUT2D eigenvalue weighted by molar-refractivity contribution is 14.1. The van der Waals surface area contributed by atoms with Crippen LogP contribution >= 0.6 is 22.6 Å². The second-order valence-corrected chi connectivity index (χ2v) is 5.73. The van der Waals surface area contributed by atoms with Crippen molar-refractivity contribution >= 4 is 34.2 Å². The lowest BCUT2D eigenvalue weighted by atomic mass is 9.96. The van der Waals surface area contributed by atoms with E-state index in [1.165, 1.54) is 35.7 Å². The molecule has 0 unspecified atom stereocenters. The van der Waals surface area contributed by atoms with Crippen LogP contribution in [0.1, 0.15) is 32.1 Å². The molecule has 1 aromatic carbocycles. The Balaban J connectivity index is 1.82. The molecule has 0 saturated heterocycles. The van der Waals surface area contributed by atoms with E-state index >= 15 is 0 Å². The van der Waals surface area contributed by atoms with Gasteiger partial charge < -0.3 is 10.6 Å². The summed E-state index contributed by atoms with van der Waals surface area (Å²) in [6.45, 7) is 0. The first-order valence-electron chi connectivity index (χ1n) is 6.12. The average Bonchev–Trinajstić information content (AvgIpc) is 2.33. The summed E-state index contributed by atoms with van der Waals surface area (Å²) in [5.74, 6) is 0.415. The maximum absolute atomic E-state index is 7.89. The highest BCUT2D eigenvalue weighted by Crippen LogP contribution is 2.17. The quantitative estimate of drug-likeness (QED) is 0.437. The fourth-order valence-corrected chi connectivity index (χ4v) is 2.52. The van der Waals surface area contributed by atoms with E-state index in [-0.39, 0.29) is 0 Å². The van der Waals surface area contributed by atoms with Crippen molar-refractivity contribution < 1.29 is 0 Å². The number of halogens is 1. The van der Waals surface area contributed by atoms with Crippen LogP contribution in [0.4, 0.5) is 5.69 Å². The molecule has 0 amide bonds. The van der Waals surface area contributed by atoms with Crippen molar-refractivity contribution in [2.24, 2.45) is 0 Å². The average molecular weight is 343 g/mol. The zero-order valence-electron chi connectivity index (χ0n) is 9.80. The summed E-state index contributed by atoms with van der Waals surface area (Å²) in [5.41, 5.74) is 0.971. The number of nitrogens with one attached hydrogen (secondary N) is 3. The molecule has 2 rings (SSSR count). The van der Waals surface area contributed by atoms with Crippen LogP contribution in [-0.4, -0.2) is 12.0 Å². The Labute approximate surface area is 116 Å². The van der Waals surface area contributed by atoms with Gasteiger partial charge in [-0.15, -0.1) is 0 Å². The van der Waals surface area contributed by atoms with Crippen molar-refractivity contribution in [2.45, 2.75) is 38.1 Å². The monoisotopic (exact) mass is 343 g/mol. The molecule has 0 aliphatic heterocycles. The third-order valence-electron chi connectivity index (χ3n) is 3.07. The summed E-state index contributed by atoms with van der Waals surface area (Å²) in [7, 11) is 0. The van der Waals surface area contributed by atoms with E-state index in [0.29, 0.717) is 12.0 Å².